The molecule has 23 heavy (non-hydrogen) atoms. The molecule has 4 nitrogen and oxygen atoms in total. The standard InChI is InChI=1S/C17H14Cl2N2O2/c1-9(2)16(22)20-13-8-15-14(7-12(13)19)21-17(23-15)10-3-5-11(18)6-4-10/h3-9H,1-2H3,(H,20,22). The molecule has 6 heteroatoms. The van der Waals surface area contributed by atoms with Crippen molar-refractivity contribution in [3.8, 4) is 11.5 Å². The van der Waals surface area contributed by atoms with Crippen molar-refractivity contribution in [2.75, 3.05) is 5.32 Å². The van der Waals surface area contributed by atoms with Gasteiger partial charge in [-0.25, -0.2) is 4.98 Å². The molecule has 0 saturated carbocycles. The van der Waals surface area contributed by atoms with E-state index in [4.69, 9.17) is 27.6 Å². The number of carbonyl (C=O) groups excluding carboxylic acids is 1. The zero-order chi connectivity index (χ0) is 16.6. The van der Waals surface area contributed by atoms with Crippen LogP contribution in [0.15, 0.2) is 40.8 Å². The van der Waals surface area contributed by atoms with Gasteiger partial charge in [0.25, 0.3) is 0 Å². The highest BCUT2D eigenvalue weighted by molar-refractivity contribution is 6.34. The van der Waals surface area contributed by atoms with Crippen molar-refractivity contribution in [3.63, 3.8) is 0 Å². The van der Waals surface area contributed by atoms with Crippen LogP contribution in [-0.2, 0) is 4.79 Å². The molecule has 118 valence electrons. The van der Waals surface area contributed by atoms with Crippen LogP contribution in [0, 0.1) is 5.92 Å². The highest BCUT2D eigenvalue weighted by atomic mass is 35.5. The van der Waals surface area contributed by atoms with Gasteiger partial charge >= 0.3 is 0 Å². The number of carbonyl (C=O) groups is 1. The SMILES string of the molecule is CC(C)C(=O)Nc1cc2oc(-c3ccc(Cl)cc3)nc2cc1Cl. The lowest BCUT2D eigenvalue weighted by Gasteiger charge is -2.08. The molecule has 0 unspecified atom stereocenters. The van der Waals surface area contributed by atoms with Gasteiger partial charge in [0.05, 0.1) is 10.7 Å². The maximum atomic E-state index is 11.8. The number of nitrogens with one attached hydrogen (secondary N) is 1. The van der Waals surface area contributed by atoms with E-state index >= 15 is 0 Å². The Morgan fingerprint density at radius 1 is 1.17 bits per heavy atom. The van der Waals surface area contributed by atoms with Crippen LogP contribution in [0.5, 0.6) is 0 Å². The van der Waals surface area contributed by atoms with Gasteiger partial charge in [-0.1, -0.05) is 37.0 Å². The fourth-order valence-electron chi connectivity index (χ4n) is 2.04. The summed E-state index contributed by atoms with van der Waals surface area (Å²) in [6.07, 6.45) is 0. The second kappa shape index (κ2) is 6.22. The lowest BCUT2D eigenvalue weighted by atomic mass is 10.2. The number of anilines is 1. The predicted molar refractivity (Wildman–Crippen MR) is 92.9 cm³/mol. The number of rotatable bonds is 3. The van der Waals surface area contributed by atoms with E-state index in [0.717, 1.165) is 5.56 Å². The summed E-state index contributed by atoms with van der Waals surface area (Å²) in [6.45, 7) is 3.63. The van der Waals surface area contributed by atoms with E-state index in [2.05, 4.69) is 10.3 Å². The number of hydrogen-bond donors (Lipinski definition) is 1. The van der Waals surface area contributed by atoms with Gasteiger partial charge in [-0.15, -0.1) is 0 Å². The third-order valence-corrected chi connectivity index (χ3v) is 3.92. The van der Waals surface area contributed by atoms with Crippen LogP contribution in [-0.4, -0.2) is 10.9 Å². The zero-order valence-corrected chi connectivity index (χ0v) is 14.1. The topological polar surface area (TPSA) is 55.1 Å². The molecule has 0 spiro atoms. The predicted octanol–water partition coefficient (Wildman–Crippen LogP) is 5.40. The van der Waals surface area contributed by atoms with E-state index in [0.29, 0.717) is 32.7 Å². The number of benzene rings is 2. The Morgan fingerprint density at radius 3 is 2.52 bits per heavy atom. The maximum Gasteiger partial charge on any atom is 0.227 e. The number of halogens is 2. The molecule has 1 amide bonds. The summed E-state index contributed by atoms with van der Waals surface area (Å²) in [5.41, 5.74) is 2.51. The van der Waals surface area contributed by atoms with Gasteiger partial charge in [0.15, 0.2) is 5.58 Å². The molecule has 0 fully saturated rings. The smallest absolute Gasteiger partial charge is 0.227 e. The van der Waals surface area contributed by atoms with E-state index in [-0.39, 0.29) is 11.8 Å². The minimum absolute atomic E-state index is 0.108. The molecule has 0 bridgehead atoms. The average Bonchev–Trinajstić information content (AvgIpc) is 2.90. The summed E-state index contributed by atoms with van der Waals surface area (Å²) in [4.78, 5) is 16.3. The van der Waals surface area contributed by atoms with Crippen LogP contribution in [0.25, 0.3) is 22.6 Å². The Kier molecular flexibility index (Phi) is 4.28. The van der Waals surface area contributed by atoms with Crippen molar-refractivity contribution < 1.29 is 9.21 Å². The summed E-state index contributed by atoms with van der Waals surface area (Å²) >= 11 is 12.1. The number of amides is 1. The van der Waals surface area contributed by atoms with Crippen LogP contribution in [0.4, 0.5) is 5.69 Å². The molecule has 2 aromatic carbocycles. The van der Waals surface area contributed by atoms with Gasteiger partial charge in [0.1, 0.15) is 5.52 Å². The van der Waals surface area contributed by atoms with E-state index in [1.807, 2.05) is 26.0 Å². The van der Waals surface area contributed by atoms with Crippen molar-refractivity contribution in [3.05, 3.63) is 46.4 Å². The normalized spacial score (nSPS) is 11.2. The van der Waals surface area contributed by atoms with Gasteiger partial charge in [0.2, 0.25) is 11.8 Å². The number of oxazole rings is 1. The molecule has 0 saturated heterocycles. The molecule has 1 aromatic heterocycles. The quantitative estimate of drug-likeness (QED) is 0.689. The third kappa shape index (κ3) is 3.33. The molecule has 0 aliphatic rings. The number of aromatic nitrogens is 1. The van der Waals surface area contributed by atoms with Crippen molar-refractivity contribution in [2.45, 2.75) is 13.8 Å². The first kappa shape index (κ1) is 15.8. The first-order valence-corrected chi connectivity index (χ1v) is 7.86. The van der Waals surface area contributed by atoms with Crippen LogP contribution >= 0.6 is 23.2 Å². The van der Waals surface area contributed by atoms with Gasteiger partial charge in [-0.05, 0) is 30.3 Å². The molecular formula is C17H14Cl2N2O2. The number of hydrogen-bond acceptors (Lipinski definition) is 3. The minimum Gasteiger partial charge on any atom is -0.436 e. The highest BCUT2D eigenvalue weighted by Gasteiger charge is 2.14. The minimum atomic E-state index is -0.138. The Hall–Kier alpha value is -2.04. The Labute approximate surface area is 143 Å². The van der Waals surface area contributed by atoms with Gasteiger partial charge < -0.3 is 9.73 Å². The molecule has 3 aromatic rings. The van der Waals surface area contributed by atoms with E-state index in [9.17, 15) is 4.79 Å². The third-order valence-electron chi connectivity index (χ3n) is 3.35. The summed E-state index contributed by atoms with van der Waals surface area (Å²) < 4.78 is 5.77. The molecule has 1 heterocycles. The number of fused-ring (bicyclic) bond motifs is 1. The van der Waals surface area contributed by atoms with Crippen molar-refractivity contribution in [1.29, 1.82) is 0 Å². The molecule has 1 N–H and O–H groups in total. The highest BCUT2D eigenvalue weighted by Crippen LogP contribution is 2.31. The Balaban J connectivity index is 2.00. The second-order valence-corrected chi connectivity index (χ2v) is 6.31. The van der Waals surface area contributed by atoms with E-state index in [1.165, 1.54) is 0 Å². The Morgan fingerprint density at radius 2 is 1.87 bits per heavy atom. The fraction of sp³-hybridized carbons (Fsp3) is 0.176. The molecule has 0 radical (unpaired) electrons. The lowest BCUT2D eigenvalue weighted by molar-refractivity contribution is -0.118. The first-order chi connectivity index (χ1) is 10.9. The van der Waals surface area contributed by atoms with Crippen LogP contribution in [0.1, 0.15) is 13.8 Å². The molecule has 0 atom stereocenters. The largest absolute Gasteiger partial charge is 0.436 e. The van der Waals surface area contributed by atoms with Crippen molar-refractivity contribution >= 4 is 45.9 Å². The second-order valence-electron chi connectivity index (χ2n) is 5.47. The maximum absolute atomic E-state index is 11.8. The van der Waals surface area contributed by atoms with Crippen LogP contribution in [0.3, 0.4) is 0 Å². The van der Waals surface area contributed by atoms with Crippen molar-refractivity contribution in [2.24, 2.45) is 5.92 Å². The van der Waals surface area contributed by atoms with Crippen LogP contribution in [0.2, 0.25) is 10.0 Å². The monoisotopic (exact) mass is 348 g/mol. The van der Waals surface area contributed by atoms with E-state index in [1.54, 1.807) is 24.3 Å². The zero-order valence-electron chi connectivity index (χ0n) is 12.6. The molecule has 0 aliphatic heterocycles. The van der Waals surface area contributed by atoms with Crippen LogP contribution < -0.4 is 5.32 Å². The Bertz CT molecular complexity index is 870. The van der Waals surface area contributed by atoms with Gasteiger partial charge in [-0.3, -0.25) is 4.79 Å². The fourth-order valence-corrected chi connectivity index (χ4v) is 2.37. The molecular weight excluding hydrogens is 335 g/mol. The van der Waals surface area contributed by atoms with Gasteiger partial charge in [0, 0.05) is 22.6 Å². The summed E-state index contributed by atoms with van der Waals surface area (Å²) in [5.74, 6) is 0.227. The lowest BCUT2D eigenvalue weighted by Crippen LogP contribution is -2.17. The summed E-state index contributed by atoms with van der Waals surface area (Å²) in [6, 6.07) is 10.6. The first-order valence-electron chi connectivity index (χ1n) is 7.11. The number of nitrogens with zero attached hydrogens (tertiary/aromatic N) is 1. The molecule has 0 aliphatic carbocycles. The average molecular weight is 349 g/mol. The van der Waals surface area contributed by atoms with E-state index < -0.39 is 0 Å². The molecule has 3 rings (SSSR count). The van der Waals surface area contributed by atoms with Crippen molar-refractivity contribution in [1.82, 2.24) is 4.98 Å². The summed E-state index contributed by atoms with van der Waals surface area (Å²) in [7, 11) is 0. The summed E-state index contributed by atoms with van der Waals surface area (Å²) in [5, 5.41) is 3.85. The van der Waals surface area contributed by atoms with Gasteiger partial charge in [-0.2, -0.15) is 0 Å².